The Balaban J connectivity index is 2.02. The number of rotatable bonds is 5. The van der Waals surface area contributed by atoms with Gasteiger partial charge in [-0.2, -0.15) is 18.4 Å². The molecule has 1 aromatic heterocycles. The third-order valence-corrected chi connectivity index (χ3v) is 6.21. The Morgan fingerprint density at radius 2 is 1.79 bits per heavy atom. The molecule has 10 heteroatoms. The Hall–Kier alpha value is -2.99. The summed E-state index contributed by atoms with van der Waals surface area (Å²) in [6, 6.07) is 11.4. The van der Waals surface area contributed by atoms with Crippen LogP contribution in [0.25, 0.3) is 0 Å². The fraction of sp³-hybridized carbons (Fsp3) is 0.250. The van der Waals surface area contributed by atoms with E-state index in [1.807, 2.05) is 6.07 Å². The Labute approximate surface area is 203 Å². The van der Waals surface area contributed by atoms with Gasteiger partial charge in [-0.15, -0.1) is 0 Å². The van der Waals surface area contributed by atoms with Gasteiger partial charge in [-0.3, -0.25) is 4.79 Å². The molecule has 0 aliphatic carbocycles. The van der Waals surface area contributed by atoms with Crippen LogP contribution in [0, 0.1) is 18.3 Å². The smallest absolute Gasteiger partial charge is 0.422 e. The number of benzene rings is 2. The van der Waals surface area contributed by atoms with E-state index in [-0.39, 0.29) is 32.7 Å². The van der Waals surface area contributed by atoms with E-state index in [0.29, 0.717) is 5.56 Å². The normalized spacial score (nSPS) is 14.2. The fourth-order valence-corrected chi connectivity index (χ4v) is 4.23. The number of ether oxygens (including phenoxy) is 1. The summed E-state index contributed by atoms with van der Waals surface area (Å²) in [6.45, 7) is 2.58. The van der Waals surface area contributed by atoms with Crippen molar-refractivity contribution >= 4 is 23.2 Å². The van der Waals surface area contributed by atoms with Gasteiger partial charge in [0.2, 0.25) is 0 Å². The molecule has 0 fully saturated rings. The second kappa shape index (κ2) is 9.34. The molecule has 1 heterocycles. The highest BCUT2D eigenvalue weighted by Gasteiger charge is 2.59. The Morgan fingerprint density at radius 1 is 1.12 bits per heavy atom. The van der Waals surface area contributed by atoms with Crippen LogP contribution < -0.4 is 10.3 Å². The molecule has 2 aromatic carbocycles. The quantitative estimate of drug-likeness (QED) is 0.442. The summed E-state index contributed by atoms with van der Waals surface area (Å²) >= 11 is 12.4. The third-order valence-electron chi connectivity index (χ3n) is 5.59. The SMILES string of the molecule is Cc1cc([C@@](O)([C@@H](C)c2ccc(Oc3ccc(C#N)cc3Cl)cc2Cl)C(F)(F)F)cn(C)c1=O. The third kappa shape index (κ3) is 4.64. The molecule has 0 bridgehead atoms. The monoisotopic (exact) mass is 510 g/mol. The van der Waals surface area contributed by atoms with Gasteiger partial charge in [0, 0.05) is 35.3 Å². The van der Waals surface area contributed by atoms with Crippen LogP contribution in [0.1, 0.15) is 35.1 Å². The summed E-state index contributed by atoms with van der Waals surface area (Å²) in [5.41, 5.74) is -3.87. The van der Waals surface area contributed by atoms with Gasteiger partial charge in [0.1, 0.15) is 11.5 Å². The van der Waals surface area contributed by atoms with E-state index in [0.717, 1.165) is 16.8 Å². The van der Waals surface area contributed by atoms with Crippen molar-refractivity contribution < 1.29 is 23.0 Å². The molecule has 0 saturated carbocycles. The number of halogens is 5. The number of alkyl halides is 3. The van der Waals surface area contributed by atoms with E-state index >= 15 is 0 Å². The zero-order valence-corrected chi connectivity index (χ0v) is 19.8. The highest BCUT2D eigenvalue weighted by Crippen LogP contribution is 2.50. The number of nitrogens with zero attached hydrogens (tertiary/aromatic N) is 2. The van der Waals surface area contributed by atoms with Crippen LogP contribution in [-0.4, -0.2) is 15.8 Å². The molecule has 0 amide bonds. The van der Waals surface area contributed by atoms with Gasteiger partial charge >= 0.3 is 6.18 Å². The molecule has 0 radical (unpaired) electrons. The van der Waals surface area contributed by atoms with Gasteiger partial charge in [-0.1, -0.05) is 36.2 Å². The number of aromatic nitrogens is 1. The molecule has 0 aliphatic heterocycles. The van der Waals surface area contributed by atoms with E-state index in [4.69, 9.17) is 33.2 Å². The Bertz CT molecular complexity index is 1320. The molecule has 2 atom stereocenters. The minimum Gasteiger partial charge on any atom is -0.456 e. The van der Waals surface area contributed by atoms with Crippen molar-refractivity contribution in [3.8, 4) is 17.6 Å². The fourth-order valence-electron chi connectivity index (χ4n) is 3.67. The molecule has 0 unspecified atom stereocenters. The van der Waals surface area contributed by atoms with Crippen molar-refractivity contribution in [3.05, 3.63) is 91.3 Å². The van der Waals surface area contributed by atoms with Crippen LogP contribution in [0.15, 0.2) is 53.5 Å². The zero-order valence-electron chi connectivity index (χ0n) is 18.2. The maximum absolute atomic E-state index is 14.3. The topological polar surface area (TPSA) is 75.2 Å². The molecule has 0 saturated heterocycles. The lowest BCUT2D eigenvalue weighted by molar-refractivity contribution is -0.274. The van der Waals surface area contributed by atoms with Crippen LogP contribution >= 0.6 is 23.2 Å². The molecule has 1 N–H and O–H groups in total. The van der Waals surface area contributed by atoms with E-state index in [1.165, 1.54) is 57.3 Å². The maximum Gasteiger partial charge on any atom is 0.422 e. The average molecular weight is 511 g/mol. The summed E-state index contributed by atoms with van der Waals surface area (Å²) < 4.78 is 49.4. The Kier molecular flexibility index (Phi) is 7.04. The van der Waals surface area contributed by atoms with Crippen molar-refractivity contribution in [2.24, 2.45) is 7.05 Å². The summed E-state index contributed by atoms with van der Waals surface area (Å²) in [5.74, 6) is -1.12. The van der Waals surface area contributed by atoms with Gasteiger partial charge in [-0.05, 0) is 48.9 Å². The highest BCUT2D eigenvalue weighted by molar-refractivity contribution is 6.32. The second-order valence-electron chi connectivity index (χ2n) is 7.86. The molecule has 34 heavy (non-hydrogen) atoms. The number of hydrogen-bond donors (Lipinski definition) is 1. The molecule has 5 nitrogen and oxygen atoms in total. The van der Waals surface area contributed by atoms with Crippen LogP contribution in [0.4, 0.5) is 13.2 Å². The largest absolute Gasteiger partial charge is 0.456 e. The second-order valence-corrected chi connectivity index (χ2v) is 8.67. The standard InChI is InChI=1S/C24H19Cl2F3N2O3/c1-13-8-16(12-31(3)22(13)32)23(33,24(27,28)29)14(2)18-6-5-17(10-19(18)25)34-21-7-4-15(11-30)9-20(21)26/h4-10,12,14,33H,1-3H3/t14-,23-/m0/s1. The van der Waals surface area contributed by atoms with Gasteiger partial charge < -0.3 is 14.4 Å². The Morgan fingerprint density at radius 3 is 2.32 bits per heavy atom. The minimum absolute atomic E-state index is 0.0197. The van der Waals surface area contributed by atoms with Crippen LogP contribution in [0.5, 0.6) is 11.5 Å². The van der Waals surface area contributed by atoms with Gasteiger partial charge in [0.15, 0.2) is 5.60 Å². The van der Waals surface area contributed by atoms with E-state index < -0.39 is 28.8 Å². The number of aryl methyl sites for hydroxylation is 2. The number of aliphatic hydroxyl groups is 1. The number of nitriles is 1. The molecular weight excluding hydrogens is 492 g/mol. The van der Waals surface area contributed by atoms with Crippen molar-refractivity contribution in [1.82, 2.24) is 4.57 Å². The first-order valence-corrected chi connectivity index (χ1v) is 10.7. The number of hydrogen-bond acceptors (Lipinski definition) is 4. The first-order valence-electron chi connectivity index (χ1n) is 9.93. The predicted molar refractivity (Wildman–Crippen MR) is 122 cm³/mol. The van der Waals surface area contributed by atoms with E-state index in [9.17, 15) is 23.1 Å². The summed E-state index contributed by atoms with van der Waals surface area (Å²) in [4.78, 5) is 12.0. The maximum atomic E-state index is 14.3. The summed E-state index contributed by atoms with van der Waals surface area (Å²) in [6.07, 6.45) is -4.11. The lowest BCUT2D eigenvalue weighted by Gasteiger charge is -2.37. The van der Waals surface area contributed by atoms with E-state index in [2.05, 4.69) is 0 Å². The van der Waals surface area contributed by atoms with Crippen LogP contribution in [0.2, 0.25) is 10.0 Å². The molecular formula is C24H19Cl2F3N2O3. The highest BCUT2D eigenvalue weighted by atomic mass is 35.5. The first-order chi connectivity index (χ1) is 15.8. The van der Waals surface area contributed by atoms with Crippen molar-refractivity contribution in [2.45, 2.75) is 31.5 Å². The van der Waals surface area contributed by atoms with Crippen molar-refractivity contribution in [2.75, 3.05) is 0 Å². The van der Waals surface area contributed by atoms with Crippen LogP contribution in [0.3, 0.4) is 0 Å². The summed E-state index contributed by atoms with van der Waals surface area (Å²) in [7, 11) is 1.31. The van der Waals surface area contributed by atoms with Crippen molar-refractivity contribution in [3.63, 3.8) is 0 Å². The van der Waals surface area contributed by atoms with Gasteiger partial charge in [0.05, 0.1) is 16.7 Å². The lowest BCUT2D eigenvalue weighted by Crippen LogP contribution is -2.47. The molecule has 178 valence electrons. The van der Waals surface area contributed by atoms with E-state index in [1.54, 1.807) is 0 Å². The first kappa shape index (κ1) is 25.6. The molecule has 3 rings (SSSR count). The zero-order chi connectivity index (χ0) is 25.4. The lowest BCUT2D eigenvalue weighted by atomic mass is 9.78. The van der Waals surface area contributed by atoms with Crippen molar-refractivity contribution in [1.29, 1.82) is 5.26 Å². The minimum atomic E-state index is -5.08. The molecule has 3 aromatic rings. The van der Waals surface area contributed by atoms with Gasteiger partial charge in [0.25, 0.3) is 5.56 Å². The summed E-state index contributed by atoms with van der Waals surface area (Å²) in [5, 5.41) is 20.0. The van der Waals surface area contributed by atoms with Gasteiger partial charge in [-0.25, -0.2) is 0 Å². The van der Waals surface area contributed by atoms with Crippen LogP contribution in [-0.2, 0) is 12.6 Å². The number of pyridine rings is 1. The predicted octanol–water partition coefficient (Wildman–Crippen LogP) is 6.22. The molecule has 0 aliphatic rings. The molecule has 0 spiro atoms. The average Bonchev–Trinajstić information content (AvgIpc) is 2.76.